The first-order valence-corrected chi connectivity index (χ1v) is 32.7. The summed E-state index contributed by atoms with van der Waals surface area (Å²) in [6.07, 6.45) is 87.5. The van der Waals surface area contributed by atoms with Crippen LogP contribution in [0.5, 0.6) is 0 Å². The number of hydrogen-bond donors (Lipinski definition) is 0. The molecule has 0 spiro atoms. The van der Waals surface area contributed by atoms with Gasteiger partial charge in [0.2, 0.25) is 0 Å². The molecule has 0 fully saturated rings. The van der Waals surface area contributed by atoms with Gasteiger partial charge in [0.1, 0.15) is 13.2 Å². The summed E-state index contributed by atoms with van der Waals surface area (Å²) in [7, 11) is 0. The number of unbranched alkanes of at least 4 members (excludes halogenated alkanes) is 32. The van der Waals surface area contributed by atoms with Gasteiger partial charge in [0.15, 0.2) is 6.10 Å². The number of rotatable bonds is 59. The average molecular weight is 1070 g/mol. The highest BCUT2D eigenvalue weighted by molar-refractivity contribution is 5.71. The molecule has 6 heteroatoms. The highest BCUT2D eigenvalue weighted by Crippen LogP contribution is 2.17. The van der Waals surface area contributed by atoms with Gasteiger partial charge in [0.05, 0.1) is 0 Å². The van der Waals surface area contributed by atoms with Gasteiger partial charge in [-0.2, -0.15) is 0 Å². The lowest BCUT2D eigenvalue weighted by Gasteiger charge is -2.18. The lowest BCUT2D eigenvalue weighted by molar-refractivity contribution is -0.166. The van der Waals surface area contributed by atoms with Gasteiger partial charge >= 0.3 is 17.9 Å². The van der Waals surface area contributed by atoms with Crippen molar-refractivity contribution in [2.24, 2.45) is 0 Å². The van der Waals surface area contributed by atoms with Gasteiger partial charge in [0, 0.05) is 19.3 Å². The van der Waals surface area contributed by atoms with Gasteiger partial charge in [0.25, 0.3) is 0 Å². The number of esters is 3. The van der Waals surface area contributed by atoms with Crippen LogP contribution in [0.1, 0.15) is 316 Å². The lowest BCUT2D eigenvalue weighted by Crippen LogP contribution is -2.30. The molecule has 0 aliphatic carbocycles. The summed E-state index contributed by atoms with van der Waals surface area (Å²) < 4.78 is 16.8. The molecule has 0 aliphatic heterocycles. The lowest BCUT2D eigenvalue weighted by atomic mass is 10.0. The monoisotopic (exact) mass is 1070 g/mol. The summed E-state index contributed by atoms with van der Waals surface area (Å²) in [6.45, 7) is 6.38. The van der Waals surface area contributed by atoms with E-state index in [0.29, 0.717) is 19.3 Å². The molecule has 442 valence electrons. The van der Waals surface area contributed by atoms with Crippen LogP contribution in [0.25, 0.3) is 0 Å². The first-order valence-electron chi connectivity index (χ1n) is 32.7. The summed E-state index contributed by atoms with van der Waals surface area (Å²) >= 11 is 0. The normalized spacial score (nSPS) is 12.7. The van der Waals surface area contributed by atoms with Crippen molar-refractivity contribution in [1.29, 1.82) is 0 Å². The minimum Gasteiger partial charge on any atom is -0.462 e. The standard InChI is InChI=1S/C71H122O6/c1-4-7-10-13-16-19-22-25-26-27-28-29-30-31-32-33-34-35-36-37-38-39-40-41-42-43-44-47-49-52-55-58-61-64-70(73)76-67-68(77-71(74)65-62-59-56-53-50-46-24-21-18-15-12-9-6-3)66-75-69(72)63-60-57-54-51-48-45-23-20-17-14-11-8-5-2/h7,9-10,12,16,18-19,21,25-26,28-29,46,50,56,59,68H,4-6,8,11,13-15,17,20,22-24,27,30-45,47-49,51-55,57-58,60-67H2,1-3H3/b10-7-,12-9-,19-16-,21-18-,26-25-,29-28-,50-46-,59-56-. The van der Waals surface area contributed by atoms with Crippen molar-refractivity contribution in [3.63, 3.8) is 0 Å². The molecule has 0 heterocycles. The highest BCUT2D eigenvalue weighted by atomic mass is 16.6. The molecule has 0 N–H and O–H groups in total. The van der Waals surface area contributed by atoms with Crippen LogP contribution in [0.15, 0.2) is 97.2 Å². The molecule has 0 aromatic heterocycles. The second-order valence-electron chi connectivity index (χ2n) is 21.6. The van der Waals surface area contributed by atoms with Crippen molar-refractivity contribution in [1.82, 2.24) is 0 Å². The number of allylic oxidation sites excluding steroid dienone is 16. The number of hydrogen-bond acceptors (Lipinski definition) is 6. The Balaban J connectivity index is 4.13. The van der Waals surface area contributed by atoms with Crippen molar-refractivity contribution in [2.45, 2.75) is 322 Å². The van der Waals surface area contributed by atoms with Gasteiger partial charge in [-0.25, -0.2) is 0 Å². The molecular weight excluding hydrogens is 949 g/mol. The molecule has 6 nitrogen and oxygen atoms in total. The van der Waals surface area contributed by atoms with Gasteiger partial charge in [-0.3, -0.25) is 14.4 Å². The van der Waals surface area contributed by atoms with Crippen molar-refractivity contribution < 1.29 is 28.6 Å². The summed E-state index contributed by atoms with van der Waals surface area (Å²) in [4.78, 5) is 38.2. The van der Waals surface area contributed by atoms with Crippen LogP contribution in [-0.4, -0.2) is 37.2 Å². The molecule has 0 bridgehead atoms. The maximum Gasteiger partial charge on any atom is 0.306 e. The summed E-state index contributed by atoms with van der Waals surface area (Å²) in [6, 6.07) is 0. The van der Waals surface area contributed by atoms with E-state index in [1.165, 1.54) is 180 Å². The van der Waals surface area contributed by atoms with Gasteiger partial charge < -0.3 is 14.2 Å². The van der Waals surface area contributed by atoms with Crippen molar-refractivity contribution in [3.8, 4) is 0 Å². The highest BCUT2D eigenvalue weighted by Gasteiger charge is 2.19. The number of carbonyl (C=O) groups excluding carboxylic acids is 3. The van der Waals surface area contributed by atoms with E-state index in [9.17, 15) is 14.4 Å². The van der Waals surface area contributed by atoms with E-state index in [1.54, 1.807) is 0 Å². The zero-order valence-corrected chi connectivity index (χ0v) is 50.7. The third kappa shape index (κ3) is 63.0. The van der Waals surface area contributed by atoms with Crippen molar-refractivity contribution in [3.05, 3.63) is 97.2 Å². The zero-order chi connectivity index (χ0) is 55.7. The molecule has 0 aliphatic rings. The fraction of sp³-hybridized carbons (Fsp3) is 0.732. The Morgan fingerprint density at radius 1 is 0.273 bits per heavy atom. The molecule has 77 heavy (non-hydrogen) atoms. The molecule has 0 aromatic carbocycles. The Morgan fingerprint density at radius 3 is 0.844 bits per heavy atom. The van der Waals surface area contributed by atoms with E-state index in [1.807, 2.05) is 6.08 Å². The van der Waals surface area contributed by atoms with Crippen LogP contribution < -0.4 is 0 Å². The van der Waals surface area contributed by atoms with Crippen molar-refractivity contribution >= 4 is 17.9 Å². The smallest absolute Gasteiger partial charge is 0.306 e. The third-order valence-electron chi connectivity index (χ3n) is 14.1. The van der Waals surface area contributed by atoms with E-state index >= 15 is 0 Å². The molecule has 0 radical (unpaired) electrons. The average Bonchev–Trinajstić information content (AvgIpc) is 3.43. The van der Waals surface area contributed by atoms with E-state index in [-0.39, 0.29) is 37.5 Å². The number of carbonyl (C=O) groups is 3. The van der Waals surface area contributed by atoms with Crippen LogP contribution in [0.2, 0.25) is 0 Å². The largest absolute Gasteiger partial charge is 0.462 e. The summed E-state index contributed by atoms with van der Waals surface area (Å²) in [5, 5.41) is 0. The topological polar surface area (TPSA) is 78.9 Å². The summed E-state index contributed by atoms with van der Waals surface area (Å²) in [5.74, 6) is -0.971. The number of ether oxygens (including phenoxy) is 3. The Bertz CT molecular complexity index is 1510. The first-order chi connectivity index (χ1) is 38.0. The maximum absolute atomic E-state index is 12.8. The fourth-order valence-corrected chi connectivity index (χ4v) is 9.27. The molecule has 0 rings (SSSR count). The quantitative estimate of drug-likeness (QED) is 0.0261. The minimum absolute atomic E-state index is 0.101. The Hall–Kier alpha value is -3.67. The Morgan fingerprint density at radius 2 is 0.532 bits per heavy atom. The maximum atomic E-state index is 12.8. The van der Waals surface area contributed by atoms with Crippen LogP contribution in [0.4, 0.5) is 0 Å². The molecular formula is C71H122O6. The van der Waals surface area contributed by atoms with Gasteiger partial charge in [-0.1, -0.05) is 311 Å². The molecule has 0 amide bonds. The third-order valence-corrected chi connectivity index (χ3v) is 14.1. The molecule has 0 aromatic rings. The fourth-order valence-electron chi connectivity index (χ4n) is 9.27. The van der Waals surface area contributed by atoms with E-state index in [4.69, 9.17) is 14.2 Å². The predicted molar refractivity (Wildman–Crippen MR) is 334 cm³/mol. The first kappa shape index (κ1) is 73.3. The van der Waals surface area contributed by atoms with Gasteiger partial charge in [-0.05, 0) is 83.5 Å². The van der Waals surface area contributed by atoms with Crippen LogP contribution >= 0.6 is 0 Å². The Labute approximate surface area is 477 Å². The second kappa shape index (κ2) is 64.9. The van der Waals surface area contributed by atoms with E-state index in [0.717, 1.165) is 89.9 Å². The van der Waals surface area contributed by atoms with E-state index in [2.05, 4.69) is 112 Å². The van der Waals surface area contributed by atoms with Crippen molar-refractivity contribution in [2.75, 3.05) is 13.2 Å². The zero-order valence-electron chi connectivity index (χ0n) is 50.7. The van der Waals surface area contributed by atoms with Crippen LogP contribution in [0, 0.1) is 0 Å². The molecule has 1 unspecified atom stereocenters. The minimum atomic E-state index is -0.812. The molecule has 0 saturated heterocycles. The van der Waals surface area contributed by atoms with Crippen LogP contribution in [-0.2, 0) is 28.6 Å². The van der Waals surface area contributed by atoms with Crippen LogP contribution in [0.3, 0.4) is 0 Å². The summed E-state index contributed by atoms with van der Waals surface area (Å²) in [5.41, 5.74) is 0. The Kier molecular flexibility index (Phi) is 61.8. The second-order valence-corrected chi connectivity index (χ2v) is 21.6. The van der Waals surface area contributed by atoms with Gasteiger partial charge in [-0.15, -0.1) is 0 Å². The molecule has 1 atom stereocenters. The predicted octanol–water partition coefficient (Wildman–Crippen LogP) is 22.4. The van der Waals surface area contributed by atoms with E-state index < -0.39 is 6.10 Å². The SMILES string of the molecule is CC/C=C\C/C=C\C/C=C\C/C=C\CCCCCCCCCCCCCCCCCCCCCCC(=O)OCC(COC(=O)CCCCCCCCCCCCCCC)OC(=O)CC/C=C\C/C=C\C/C=C\C/C=C\CC. The molecule has 0 saturated carbocycles.